The lowest BCUT2D eigenvalue weighted by atomic mass is 9.96. The van der Waals surface area contributed by atoms with Gasteiger partial charge in [-0.2, -0.15) is 0 Å². The quantitative estimate of drug-likeness (QED) is 0.0484. The molecule has 0 saturated carbocycles. The molecule has 21 nitrogen and oxygen atoms in total. The number of amides is 1. The Labute approximate surface area is 299 Å². The molecule has 0 spiro atoms. The first-order valence-electron chi connectivity index (χ1n) is 17.2. The lowest BCUT2D eigenvalue weighted by molar-refractivity contribution is -0.366. The second-order valence-electron chi connectivity index (χ2n) is 12.9. The molecule has 12 N–H and O–H groups in total. The van der Waals surface area contributed by atoms with Crippen molar-refractivity contribution >= 4 is 17.5 Å². The van der Waals surface area contributed by atoms with Gasteiger partial charge in [0.25, 0.3) is 0 Å². The molecule has 3 fully saturated rings. The van der Waals surface area contributed by atoms with E-state index in [1.54, 1.807) is 7.05 Å². The van der Waals surface area contributed by atoms with Crippen molar-refractivity contribution in [1.82, 2.24) is 10.6 Å². The van der Waals surface area contributed by atoms with Crippen LogP contribution in [-0.4, -0.2) is 207 Å². The fraction of sp³-hybridized carbons (Fsp3) is 0.903. The topological polar surface area (TPSA) is 333 Å². The van der Waals surface area contributed by atoms with Crippen LogP contribution < -0.4 is 10.6 Å². The lowest BCUT2D eigenvalue weighted by Gasteiger charge is -2.46. The van der Waals surface area contributed by atoms with Crippen molar-refractivity contribution in [1.29, 1.82) is 0 Å². The molecule has 302 valence electrons. The standard InChI is InChI=1S/C31H54N2O19/c1-32-10-15(37)7-6-14(36)4-2-3-5-19(38)33-8-9-47-30-27(46)28(52-31-26(45)24(43)21(40)17(12-35)50-31)22(41)18(51-30)13-48-29-25(44)23(42)20(39)16(11-34)49-29/h16-18,20-32,34-35,39-46H,2-13H2,1H3,(H,33,38)/t16-,17-,18-,20-,21-,22-,23+,24+,25+,26+,27+,28+,29+,30+,31-/m1/s1. The number of unbranched alkanes of at least 4 members (excludes halogenated alkanes) is 1. The van der Waals surface area contributed by atoms with Crippen molar-refractivity contribution in [3.05, 3.63) is 0 Å². The number of hydrogen-bond donors (Lipinski definition) is 12. The van der Waals surface area contributed by atoms with Crippen molar-refractivity contribution in [2.45, 2.75) is 131 Å². The van der Waals surface area contributed by atoms with Crippen LogP contribution in [0.15, 0.2) is 0 Å². The Balaban J connectivity index is 1.57. The monoisotopic (exact) mass is 758 g/mol. The molecule has 0 aromatic rings. The molecule has 0 aromatic carbocycles. The lowest BCUT2D eigenvalue weighted by Crippen LogP contribution is -2.65. The summed E-state index contributed by atoms with van der Waals surface area (Å²) in [6.45, 7) is -2.26. The molecule has 3 rings (SSSR count). The number of carbonyl (C=O) groups is 3. The van der Waals surface area contributed by atoms with E-state index < -0.39 is 112 Å². The summed E-state index contributed by atoms with van der Waals surface area (Å²) in [5.74, 6) is -0.482. The van der Waals surface area contributed by atoms with Crippen LogP contribution >= 0.6 is 0 Å². The van der Waals surface area contributed by atoms with Gasteiger partial charge in [0.1, 0.15) is 84.8 Å². The zero-order valence-electron chi connectivity index (χ0n) is 28.8. The molecule has 0 bridgehead atoms. The molecule has 3 aliphatic rings. The molecule has 0 aromatic heterocycles. The van der Waals surface area contributed by atoms with E-state index in [2.05, 4.69) is 10.6 Å². The van der Waals surface area contributed by atoms with Crippen LogP contribution in [0.4, 0.5) is 0 Å². The minimum Gasteiger partial charge on any atom is -0.394 e. The number of Topliss-reactive ketones (excluding diaryl/α,β-unsaturated/α-hetero) is 2. The highest BCUT2D eigenvalue weighted by atomic mass is 16.7. The average Bonchev–Trinajstić information content (AvgIpc) is 3.12. The van der Waals surface area contributed by atoms with E-state index in [9.17, 15) is 65.4 Å². The van der Waals surface area contributed by atoms with E-state index >= 15 is 0 Å². The first-order valence-corrected chi connectivity index (χ1v) is 17.2. The Morgan fingerprint density at radius 2 is 1.13 bits per heavy atom. The van der Waals surface area contributed by atoms with E-state index in [4.69, 9.17) is 28.4 Å². The summed E-state index contributed by atoms with van der Waals surface area (Å²) < 4.78 is 33.1. The third kappa shape index (κ3) is 12.3. The van der Waals surface area contributed by atoms with Gasteiger partial charge in [0, 0.05) is 32.2 Å². The third-order valence-corrected chi connectivity index (χ3v) is 8.93. The summed E-state index contributed by atoms with van der Waals surface area (Å²) >= 11 is 0. The maximum atomic E-state index is 12.3. The molecule has 1 amide bonds. The number of aliphatic hydroxyl groups excluding tert-OH is 10. The molecular weight excluding hydrogens is 704 g/mol. The summed E-state index contributed by atoms with van der Waals surface area (Å²) in [6, 6.07) is 0. The molecule has 21 heteroatoms. The van der Waals surface area contributed by atoms with Gasteiger partial charge in [-0.05, 0) is 19.9 Å². The Morgan fingerprint density at radius 3 is 1.75 bits per heavy atom. The smallest absolute Gasteiger partial charge is 0.220 e. The van der Waals surface area contributed by atoms with Gasteiger partial charge in [-0.3, -0.25) is 14.4 Å². The number of ketones is 2. The Bertz CT molecular complexity index is 1100. The molecule has 3 aliphatic heterocycles. The van der Waals surface area contributed by atoms with Crippen molar-refractivity contribution in [3.8, 4) is 0 Å². The molecular formula is C31H54N2O19. The van der Waals surface area contributed by atoms with Crippen molar-refractivity contribution in [3.63, 3.8) is 0 Å². The first-order chi connectivity index (χ1) is 24.7. The molecule has 0 aliphatic carbocycles. The second kappa shape index (κ2) is 21.9. The molecule has 3 saturated heterocycles. The van der Waals surface area contributed by atoms with Gasteiger partial charge in [-0.25, -0.2) is 0 Å². The molecule has 0 radical (unpaired) electrons. The van der Waals surface area contributed by atoms with Crippen LogP contribution in [0.2, 0.25) is 0 Å². The highest BCUT2D eigenvalue weighted by molar-refractivity contribution is 5.87. The summed E-state index contributed by atoms with van der Waals surface area (Å²) in [6.07, 6.45) is -23.6. The average molecular weight is 759 g/mol. The third-order valence-electron chi connectivity index (χ3n) is 8.93. The summed E-state index contributed by atoms with van der Waals surface area (Å²) in [5, 5.41) is 108. The SMILES string of the molecule is CNCC(=O)CCC(=O)CCCCC(=O)NCCO[C@H]1O[C@H](CO[C@H]2O[C@H](CO)[C@@H](O)[C@H](O)[C@@H]2O)[C@@H](O)[C@H](O[C@H]2O[C@H](CO)[C@@H](O)[C@H](O)[C@@H]2O)[C@@H]1O. The van der Waals surface area contributed by atoms with E-state index in [1.807, 2.05) is 0 Å². The molecule has 3 heterocycles. The summed E-state index contributed by atoms with van der Waals surface area (Å²) in [7, 11) is 1.64. The number of carbonyl (C=O) groups excluding carboxylic acids is 3. The Hall–Kier alpha value is -1.87. The van der Waals surface area contributed by atoms with Gasteiger partial charge in [-0.15, -0.1) is 0 Å². The number of hydrogen-bond acceptors (Lipinski definition) is 20. The second-order valence-corrected chi connectivity index (χ2v) is 12.9. The van der Waals surface area contributed by atoms with Gasteiger partial charge < -0.3 is 90.1 Å². The number of aliphatic hydroxyl groups is 10. The maximum absolute atomic E-state index is 12.3. The molecule has 15 atom stereocenters. The summed E-state index contributed by atoms with van der Waals surface area (Å²) in [5.41, 5.74) is 0. The summed E-state index contributed by atoms with van der Waals surface area (Å²) in [4.78, 5) is 35.8. The minimum absolute atomic E-state index is 0.0615. The van der Waals surface area contributed by atoms with Crippen LogP contribution in [0.1, 0.15) is 38.5 Å². The number of nitrogens with one attached hydrogen (secondary N) is 2. The van der Waals surface area contributed by atoms with Gasteiger partial charge in [0.05, 0.1) is 33.0 Å². The minimum atomic E-state index is -1.90. The van der Waals surface area contributed by atoms with Crippen LogP contribution in [0, 0.1) is 0 Å². The van der Waals surface area contributed by atoms with Crippen LogP contribution in [0.5, 0.6) is 0 Å². The Kier molecular flexibility index (Phi) is 18.7. The predicted octanol–water partition coefficient (Wildman–Crippen LogP) is -6.73. The first kappa shape index (κ1) is 44.5. The number of ether oxygens (including phenoxy) is 6. The highest BCUT2D eigenvalue weighted by Crippen LogP contribution is 2.31. The Morgan fingerprint density at radius 1 is 0.596 bits per heavy atom. The fourth-order valence-corrected chi connectivity index (χ4v) is 5.82. The fourth-order valence-electron chi connectivity index (χ4n) is 5.82. The van der Waals surface area contributed by atoms with Crippen molar-refractivity contribution < 1.29 is 93.9 Å². The van der Waals surface area contributed by atoms with Gasteiger partial charge in [-0.1, -0.05) is 0 Å². The predicted molar refractivity (Wildman–Crippen MR) is 170 cm³/mol. The maximum Gasteiger partial charge on any atom is 0.220 e. The highest BCUT2D eigenvalue weighted by Gasteiger charge is 2.52. The van der Waals surface area contributed by atoms with Crippen LogP contribution in [-0.2, 0) is 42.8 Å². The van der Waals surface area contributed by atoms with Crippen LogP contribution in [0.3, 0.4) is 0 Å². The number of rotatable bonds is 21. The van der Waals surface area contributed by atoms with Crippen molar-refractivity contribution in [2.24, 2.45) is 0 Å². The van der Waals surface area contributed by atoms with Gasteiger partial charge in [0.15, 0.2) is 18.9 Å². The van der Waals surface area contributed by atoms with Crippen molar-refractivity contribution in [2.75, 3.05) is 46.6 Å². The molecule has 52 heavy (non-hydrogen) atoms. The largest absolute Gasteiger partial charge is 0.394 e. The van der Waals surface area contributed by atoms with E-state index in [1.165, 1.54) is 0 Å². The van der Waals surface area contributed by atoms with Crippen LogP contribution in [0.25, 0.3) is 0 Å². The zero-order valence-corrected chi connectivity index (χ0v) is 28.8. The van der Waals surface area contributed by atoms with E-state index in [0.29, 0.717) is 12.8 Å². The van der Waals surface area contributed by atoms with E-state index in [0.717, 1.165) is 0 Å². The molecule has 0 unspecified atom stereocenters. The van der Waals surface area contributed by atoms with Gasteiger partial charge in [0.2, 0.25) is 5.91 Å². The van der Waals surface area contributed by atoms with Gasteiger partial charge >= 0.3 is 0 Å². The number of likely N-dealkylation sites (N-methyl/N-ethyl adjacent to an activating group) is 1. The van der Waals surface area contributed by atoms with E-state index in [-0.39, 0.29) is 62.9 Å². The zero-order chi connectivity index (χ0) is 38.5. The normalized spacial score (nSPS) is 38.2.